The summed E-state index contributed by atoms with van der Waals surface area (Å²) in [5, 5.41) is 4.52. The molecule has 1 atom stereocenters. The molecule has 2 aromatic carbocycles. The van der Waals surface area contributed by atoms with Gasteiger partial charge in [0.05, 0.1) is 5.71 Å². The molecular formula is C26H32N2O3. The Balaban J connectivity index is 1.35. The number of fused-ring (bicyclic) bond motifs is 1. The Hall–Kier alpha value is -2.82. The maximum Gasteiger partial charge on any atom is 0.260 e. The molecule has 0 aromatic heterocycles. The Labute approximate surface area is 185 Å². The van der Waals surface area contributed by atoms with Gasteiger partial charge in [-0.15, -0.1) is 0 Å². The molecule has 1 unspecified atom stereocenters. The van der Waals surface area contributed by atoms with Gasteiger partial charge in [-0.25, -0.2) is 0 Å². The minimum atomic E-state index is 0.0231. The lowest BCUT2D eigenvalue weighted by atomic mass is 9.90. The molecule has 4 rings (SSSR count). The zero-order valence-electron chi connectivity index (χ0n) is 18.4. The van der Waals surface area contributed by atoms with Crippen molar-refractivity contribution in [3.63, 3.8) is 0 Å². The predicted octanol–water partition coefficient (Wildman–Crippen LogP) is 5.29. The highest BCUT2D eigenvalue weighted by Crippen LogP contribution is 2.32. The first-order chi connectivity index (χ1) is 15.2. The van der Waals surface area contributed by atoms with E-state index in [1.54, 1.807) is 0 Å². The van der Waals surface area contributed by atoms with Gasteiger partial charge in [0.1, 0.15) is 5.75 Å². The lowest BCUT2D eigenvalue weighted by Gasteiger charge is -2.26. The Morgan fingerprint density at radius 3 is 2.58 bits per heavy atom. The Morgan fingerprint density at radius 2 is 1.81 bits per heavy atom. The zero-order valence-corrected chi connectivity index (χ0v) is 18.4. The van der Waals surface area contributed by atoms with Crippen LogP contribution < -0.4 is 4.74 Å². The van der Waals surface area contributed by atoms with Crippen LogP contribution in [0, 0.1) is 0 Å². The van der Waals surface area contributed by atoms with Gasteiger partial charge in [0, 0.05) is 13.1 Å². The highest BCUT2D eigenvalue weighted by Gasteiger charge is 2.21. The van der Waals surface area contributed by atoms with Crippen LogP contribution in [0.4, 0.5) is 0 Å². The third-order valence-corrected chi connectivity index (χ3v) is 6.20. The third kappa shape index (κ3) is 5.46. The van der Waals surface area contributed by atoms with Crippen LogP contribution in [-0.4, -0.2) is 36.2 Å². The van der Waals surface area contributed by atoms with Crippen molar-refractivity contribution < 1.29 is 14.4 Å². The van der Waals surface area contributed by atoms with Crippen molar-refractivity contribution in [3.05, 3.63) is 65.2 Å². The molecule has 1 aliphatic carbocycles. The number of benzene rings is 2. The summed E-state index contributed by atoms with van der Waals surface area (Å²) < 4.78 is 5.72. The highest BCUT2D eigenvalue weighted by atomic mass is 16.6. The van der Waals surface area contributed by atoms with Crippen LogP contribution >= 0.6 is 0 Å². The molecule has 1 heterocycles. The standard InChI is InChI=1S/C26H32N2O3/c1-2-24(27-31-25-12-8-10-20-9-4-5-11-23(20)25)21-13-15-22(16-14-21)30-19-26(29)28-17-6-3-7-18-28/h4-5,9,11,13-16,25H,2-3,6-8,10,12,17-19H2,1H3/b27-24-. The molecule has 1 amide bonds. The number of hydrogen-bond donors (Lipinski definition) is 0. The summed E-state index contributed by atoms with van der Waals surface area (Å²) in [5.74, 6) is 0.771. The second kappa shape index (κ2) is 10.5. The molecule has 5 heteroatoms. The van der Waals surface area contributed by atoms with Crippen LogP contribution in [0.25, 0.3) is 0 Å². The fourth-order valence-corrected chi connectivity index (χ4v) is 4.39. The molecule has 1 saturated heterocycles. The molecule has 2 aliphatic rings. The molecule has 31 heavy (non-hydrogen) atoms. The van der Waals surface area contributed by atoms with Gasteiger partial charge in [-0.1, -0.05) is 36.3 Å². The van der Waals surface area contributed by atoms with E-state index in [1.807, 2.05) is 29.2 Å². The molecule has 0 bridgehead atoms. The summed E-state index contributed by atoms with van der Waals surface area (Å²) in [7, 11) is 0. The summed E-state index contributed by atoms with van der Waals surface area (Å²) >= 11 is 0. The number of likely N-dealkylation sites (tertiary alicyclic amines) is 1. The number of piperidine rings is 1. The molecule has 164 valence electrons. The van der Waals surface area contributed by atoms with E-state index in [1.165, 1.54) is 17.5 Å². The van der Waals surface area contributed by atoms with Crippen molar-refractivity contribution in [2.45, 2.75) is 58.0 Å². The third-order valence-electron chi connectivity index (χ3n) is 6.20. The van der Waals surface area contributed by atoms with Crippen molar-refractivity contribution in [3.8, 4) is 5.75 Å². The van der Waals surface area contributed by atoms with Crippen molar-refractivity contribution >= 4 is 11.6 Å². The molecular weight excluding hydrogens is 388 g/mol. The van der Waals surface area contributed by atoms with E-state index in [0.717, 1.165) is 62.9 Å². The molecule has 5 nitrogen and oxygen atoms in total. The van der Waals surface area contributed by atoms with Crippen molar-refractivity contribution in [1.29, 1.82) is 0 Å². The maximum absolute atomic E-state index is 12.3. The monoisotopic (exact) mass is 420 g/mol. The molecule has 0 N–H and O–H groups in total. The first-order valence-corrected chi connectivity index (χ1v) is 11.6. The molecule has 2 aromatic rings. The van der Waals surface area contributed by atoms with E-state index in [4.69, 9.17) is 9.57 Å². The van der Waals surface area contributed by atoms with E-state index in [-0.39, 0.29) is 18.6 Å². The van der Waals surface area contributed by atoms with E-state index < -0.39 is 0 Å². The van der Waals surface area contributed by atoms with Crippen LogP contribution in [0.2, 0.25) is 0 Å². The molecule has 0 spiro atoms. The van der Waals surface area contributed by atoms with E-state index in [0.29, 0.717) is 5.75 Å². The SMILES string of the molecule is CC/C(=N/OC1CCCc2ccccc21)c1ccc(OCC(=O)N2CCCCC2)cc1. The lowest BCUT2D eigenvalue weighted by molar-refractivity contribution is -0.134. The smallest absolute Gasteiger partial charge is 0.260 e. The minimum absolute atomic E-state index is 0.0231. The number of rotatable bonds is 7. The average molecular weight is 421 g/mol. The Kier molecular flexibility index (Phi) is 7.23. The van der Waals surface area contributed by atoms with Crippen LogP contribution in [-0.2, 0) is 16.1 Å². The molecule has 0 saturated carbocycles. The largest absolute Gasteiger partial charge is 0.484 e. The Bertz CT molecular complexity index is 901. The van der Waals surface area contributed by atoms with Gasteiger partial charge in [-0.2, -0.15) is 0 Å². The van der Waals surface area contributed by atoms with Gasteiger partial charge in [0.25, 0.3) is 5.91 Å². The number of carbonyl (C=O) groups is 1. The fourth-order valence-electron chi connectivity index (χ4n) is 4.39. The number of ether oxygens (including phenoxy) is 1. The van der Waals surface area contributed by atoms with Crippen molar-refractivity contribution in [1.82, 2.24) is 4.90 Å². The number of aryl methyl sites for hydroxylation is 1. The van der Waals surface area contributed by atoms with Crippen LogP contribution in [0.5, 0.6) is 5.75 Å². The van der Waals surface area contributed by atoms with Gasteiger partial charge in [-0.3, -0.25) is 4.79 Å². The molecule has 0 radical (unpaired) electrons. The van der Waals surface area contributed by atoms with Crippen LogP contribution in [0.1, 0.15) is 68.2 Å². The second-order valence-corrected chi connectivity index (χ2v) is 8.33. The minimum Gasteiger partial charge on any atom is -0.484 e. The molecule has 1 aliphatic heterocycles. The number of amides is 1. The number of oxime groups is 1. The van der Waals surface area contributed by atoms with Crippen molar-refractivity contribution in [2.75, 3.05) is 19.7 Å². The first kappa shape index (κ1) is 21.4. The maximum atomic E-state index is 12.3. The molecule has 1 fully saturated rings. The average Bonchev–Trinajstić information content (AvgIpc) is 2.84. The summed E-state index contributed by atoms with van der Waals surface area (Å²) in [6.45, 7) is 3.88. The number of hydrogen-bond acceptors (Lipinski definition) is 4. The van der Waals surface area contributed by atoms with E-state index in [9.17, 15) is 4.79 Å². The Morgan fingerprint density at radius 1 is 1.03 bits per heavy atom. The number of nitrogens with zero attached hydrogens (tertiary/aromatic N) is 2. The van der Waals surface area contributed by atoms with Gasteiger partial charge >= 0.3 is 0 Å². The van der Waals surface area contributed by atoms with Gasteiger partial charge in [0.15, 0.2) is 12.7 Å². The summed E-state index contributed by atoms with van der Waals surface area (Å²) in [4.78, 5) is 20.2. The van der Waals surface area contributed by atoms with E-state index in [2.05, 4.69) is 36.3 Å². The van der Waals surface area contributed by atoms with E-state index >= 15 is 0 Å². The van der Waals surface area contributed by atoms with Gasteiger partial charge in [-0.05, 0) is 85.9 Å². The summed E-state index contributed by atoms with van der Waals surface area (Å²) in [5.41, 5.74) is 4.56. The first-order valence-electron chi connectivity index (χ1n) is 11.6. The second-order valence-electron chi connectivity index (χ2n) is 8.33. The topological polar surface area (TPSA) is 51.1 Å². The highest BCUT2D eigenvalue weighted by molar-refractivity contribution is 6.00. The van der Waals surface area contributed by atoms with Crippen LogP contribution in [0.3, 0.4) is 0 Å². The fraction of sp³-hybridized carbons (Fsp3) is 0.462. The normalized spacial score (nSPS) is 18.9. The number of carbonyl (C=O) groups excluding carboxylic acids is 1. The predicted molar refractivity (Wildman–Crippen MR) is 122 cm³/mol. The summed E-state index contributed by atoms with van der Waals surface area (Å²) in [6.07, 6.45) is 7.43. The van der Waals surface area contributed by atoms with Crippen molar-refractivity contribution in [2.24, 2.45) is 5.16 Å². The van der Waals surface area contributed by atoms with Crippen LogP contribution in [0.15, 0.2) is 53.7 Å². The van der Waals surface area contributed by atoms with Gasteiger partial charge < -0.3 is 14.5 Å². The quantitative estimate of drug-likeness (QED) is 0.452. The van der Waals surface area contributed by atoms with Gasteiger partial charge in [0.2, 0.25) is 0 Å². The lowest BCUT2D eigenvalue weighted by Crippen LogP contribution is -2.38. The summed E-state index contributed by atoms with van der Waals surface area (Å²) in [6, 6.07) is 16.3. The zero-order chi connectivity index (χ0) is 21.5.